The van der Waals surface area contributed by atoms with Crippen LogP contribution in [-0.4, -0.2) is 26.1 Å². The van der Waals surface area contributed by atoms with Crippen molar-refractivity contribution in [3.63, 3.8) is 0 Å². The van der Waals surface area contributed by atoms with Crippen molar-refractivity contribution in [1.82, 2.24) is 19.5 Å². The predicted octanol–water partition coefficient (Wildman–Crippen LogP) is 3.05. The van der Waals surface area contributed by atoms with E-state index in [0.29, 0.717) is 24.1 Å². The van der Waals surface area contributed by atoms with E-state index in [4.69, 9.17) is 11.6 Å². The number of fused-ring (bicyclic) bond motifs is 1. The standard InChI is InChI=1S/C12H16ClN5/c1-4-6-14-10-9-11(17-12(13)16-10)15-7-18(9)8(3)5-2/h4,7-8H,1,5-6H2,2-3H3,(H,14,16,17). The first-order valence-corrected chi connectivity index (χ1v) is 6.30. The fraction of sp³-hybridized carbons (Fsp3) is 0.417. The molecule has 18 heavy (non-hydrogen) atoms. The number of aromatic nitrogens is 4. The maximum Gasteiger partial charge on any atom is 0.226 e. The van der Waals surface area contributed by atoms with Crippen LogP contribution in [0.3, 0.4) is 0 Å². The second kappa shape index (κ2) is 5.35. The van der Waals surface area contributed by atoms with Crippen LogP contribution in [0.25, 0.3) is 11.2 Å². The smallest absolute Gasteiger partial charge is 0.226 e. The van der Waals surface area contributed by atoms with E-state index in [0.717, 1.165) is 11.9 Å². The van der Waals surface area contributed by atoms with Crippen molar-refractivity contribution in [2.24, 2.45) is 0 Å². The zero-order chi connectivity index (χ0) is 13.1. The van der Waals surface area contributed by atoms with Gasteiger partial charge in [-0.15, -0.1) is 6.58 Å². The minimum absolute atomic E-state index is 0.198. The van der Waals surface area contributed by atoms with Gasteiger partial charge in [0, 0.05) is 12.6 Å². The first-order valence-electron chi connectivity index (χ1n) is 5.92. The molecule has 0 spiro atoms. The molecule has 0 fully saturated rings. The lowest BCUT2D eigenvalue weighted by Gasteiger charge is -2.13. The van der Waals surface area contributed by atoms with Gasteiger partial charge in [-0.2, -0.15) is 9.97 Å². The molecule has 2 aromatic heterocycles. The van der Waals surface area contributed by atoms with Gasteiger partial charge in [-0.05, 0) is 24.9 Å². The van der Waals surface area contributed by atoms with Gasteiger partial charge in [0.25, 0.3) is 0 Å². The van der Waals surface area contributed by atoms with Crippen LogP contribution in [0, 0.1) is 0 Å². The van der Waals surface area contributed by atoms with Gasteiger partial charge in [0.2, 0.25) is 5.28 Å². The molecule has 1 atom stereocenters. The molecule has 2 rings (SSSR count). The Labute approximate surface area is 111 Å². The van der Waals surface area contributed by atoms with Crippen LogP contribution in [0.2, 0.25) is 5.28 Å². The molecule has 0 aliphatic rings. The second-order valence-electron chi connectivity index (χ2n) is 4.09. The summed E-state index contributed by atoms with van der Waals surface area (Å²) >= 11 is 5.89. The van der Waals surface area contributed by atoms with Crippen LogP contribution in [0.15, 0.2) is 19.0 Å². The van der Waals surface area contributed by atoms with E-state index in [-0.39, 0.29) is 5.28 Å². The van der Waals surface area contributed by atoms with Crippen molar-refractivity contribution in [3.05, 3.63) is 24.3 Å². The Kier molecular flexibility index (Phi) is 3.81. The van der Waals surface area contributed by atoms with Crippen molar-refractivity contribution in [1.29, 1.82) is 0 Å². The average Bonchev–Trinajstić information content (AvgIpc) is 2.78. The Morgan fingerprint density at radius 2 is 2.33 bits per heavy atom. The van der Waals surface area contributed by atoms with E-state index in [9.17, 15) is 0 Å². The summed E-state index contributed by atoms with van der Waals surface area (Å²) in [7, 11) is 0. The highest BCUT2D eigenvalue weighted by molar-refractivity contribution is 6.28. The molecule has 2 aromatic rings. The zero-order valence-corrected chi connectivity index (χ0v) is 11.3. The number of imidazole rings is 1. The van der Waals surface area contributed by atoms with E-state index in [1.54, 1.807) is 12.4 Å². The molecule has 0 aliphatic heterocycles. The van der Waals surface area contributed by atoms with Crippen molar-refractivity contribution >= 4 is 28.6 Å². The Morgan fingerprint density at radius 3 is 3.00 bits per heavy atom. The quantitative estimate of drug-likeness (QED) is 0.667. The van der Waals surface area contributed by atoms with E-state index < -0.39 is 0 Å². The van der Waals surface area contributed by atoms with Gasteiger partial charge in [0.05, 0.1) is 6.33 Å². The molecule has 96 valence electrons. The van der Waals surface area contributed by atoms with Crippen LogP contribution >= 0.6 is 11.6 Å². The summed E-state index contributed by atoms with van der Waals surface area (Å²) < 4.78 is 2.07. The molecular formula is C12H16ClN5. The maximum absolute atomic E-state index is 5.89. The maximum atomic E-state index is 5.89. The topological polar surface area (TPSA) is 55.6 Å². The molecule has 0 aliphatic carbocycles. The average molecular weight is 266 g/mol. The van der Waals surface area contributed by atoms with Gasteiger partial charge in [0.1, 0.15) is 5.52 Å². The first kappa shape index (κ1) is 12.8. The number of hydrogen-bond acceptors (Lipinski definition) is 4. The molecule has 0 saturated heterocycles. The summed E-state index contributed by atoms with van der Waals surface area (Å²) in [5.41, 5.74) is 1.50. The summed E-state index contributed by atoms with van der Waals surface area (Å²) in [6.45, 7) is 8.56. The van der Waals surface area contributed by atoms with Crippen molar-refractivity contribution in [2.45, 2.75) is 26.3 Å². The van der Waals surface area contributed by atoms with Crippen LogP contribution in [0.4, 0.5) is 5.82 Å². The fourth-order valence-corrected chi connectivity index (χ4v) is 1.91. The number of nitrogens with one attached hydrogen (secondary N) is 1. The van der Waals surface area contributed by atoms with E-state index in [2.05, 4.69) is 45.3 Å². The van der Waals surface area contributed by atoms with Crippen LogP contribution < -0.4 is 5.32 Å². The SMILES string of the molecule is C=CCNc1nc(Cl)nc2ncn(C(C)CC)c12. The zero-order valence-electron chi connectivity index (χ0n) is 10.5. The molecular weight excluding hydrogens is 250 g/mol. The minimum atomic E-state index is 0.198. The lowest BCUT2D eigenvalue weighted by Crippen LogP contribution is -2.08. The number of rotatable bonds is 5. The third-order valence-corrected chi connectivity index (χ3v) is 3.05. The molecule has 0 bridgehead atoms. The number of nitrogens with zero attached hydrogens (tertiary/aromatic N) is 4. The highest BCUT2D eigenvalue weighted by atomic mass is 35.5. The normalized spacial score (nSPS) is 12.6. The van der Waals surface area contributed by atoms with E-state index in [1.807, 2.05) is 0 Å². The molecule has 2 heterocycles. The predicted molar refractivity (Wildman–Crippen MR) is 74.0 cm³/mol. The third kappa shape index (κ3) is 2.31. The molecule has 0 radical (unpaired) electrons. The van der Waals surface area contributed by atoms with Gasteiger partial charge >= 0.3 is 0 Å². The molecule has 5 nitrogen and oxygen atoms in total. The fourth-order valence-electron chi connectivity index (χ4n) is 1.74. The monoisotopic (exact) mass is 265 g/mol. The Morgan fingerprint density at radius 1 is 1.56 bits per heavy atom. The van der Waals surface area contributed by atoms with Crippen molar-refractivity contribution in [2.75, 3.05) is 11.9 Å². The van der Waals surface area contributed by atoms with Crippen molar-refractivity contribution in [3.8, 4) is 0 Å². The van der Waals surface area contributed by atoms with Gasteiger partial charge in [-0.1, -0.05) is 13.0 Å². The molecule has 0 aromatic carbocycles. The van der Waals surface area contributed by atoms with Crippen LogP contribution in [0.1, 0.15) is 26.3 Å². The van der Waals surface area contributed by atoms with Gasteiger partial charge in [-0.3, -0.25) is 0 Å². The summed E-state index contributed by atoms with van der Waals surface area (Å²) in [6, 6.07) is 0.337. The van der Waals surface area contributed by atoms with Crippen LogP contribution in [-0.2, 0) is 0 Å². The van der Waals surface area contributed by atoms with Crippen molar-refractivity contribution < 1.29 is 0 Å². The number of anilines is 1. The Balaban J connectivity index is 2.57. The third-order valence-electron chi connectivity index (χ3n) is 2.88. The van der Waals surface area contributed by atoms with Gasteiger partial charge in [-0.25, -0.2) is 4.98 Å². The molecule has 0 amide bonds. The Bertz CT molecular complexity index is 563. The van der Waals surface area contributed by atoms with E-state index in [1.165, 1.54) is 0 Å². The number of hydrogen-bond donors (Lipinski definition) is 1. The lowest BCUT2D eigenvalue weighted by molar-refractivity contribution is 0.544. The molecule has 1 N–H and O–H groups in total. The highest BCUT2D eigenvalue weighted by Crippen LogP contribution is 2.25. The first-order chi connectivity index (χ1) is 8.67. The lowest BCUT2D eigenvalue weighted by atomic mass is 10.2. The summed E-state index contributed by atoms with van der Waals surface area (Å²) in [5.74, 6) is 0.697. The number of halogens is 1. The minimum Gasteiger partial charge on any atom is -0.365 e. The summed E-state index contributed by atoms with van der Waals surface area (Å²) in [4.78, 5) is 12.6. The molecule has 6 heteroatoms. The highest BCUT2D eigenvalue weighted by Gasteiger charge is 2.15. The largest absolute Gasteiger partial charge is 0.365 e. The second-order valence-corrected chi connectivity index (χ2v) is 4.43. The molecule has 0 saturated carbocycles. The molecule has 1 unspecified atom stereocenters. The summed E-state index contributed by atoms with van der Waals surface area (Å²) in [5, 5.41) is 3.37. The van der Waals surface area contributed by atoms with Gasteiger partial charge in [0.15, 0.2) is 11.5 Å². The van der Waals surface area contributed by atoms with Crippen LogP contribution in [0.5, 0.6) is 0 Å². The van der Waals surface area contributed by atoms with E-state index >= 15 is 0 Å². The van der Waals surface area contributed by atoms with Gasteiger partial charge < -0.3 is 9.88 Å². The summed E-state index contributed by atoms with van der Waals surface area (Å²) in [6.07, 6.45) is 4.56. The Hall–Kier alpha value is -1.62.